The molecule has 4 nitrogen and oxygen atoms in total. The summed E-state index contributed by atoms with van der Waals surface area (Å²) >= 11 is 0. The third kappa shape index (κ3) is 4.29. The fraction of sp³-hybridized carbons (Fsp3) is 0.185. The van der Waals surface area contributed by atoms with Crippen LogP contribution >= 0.6 is 0 Å². The molecule has 0 bridgehead atoms. The lowest BCUT2D eigenvalue weighted by molar-refractivity contribution is 0.0734. The van der Waals surface area contributed by atoms with E-state index in [0.717, 1.165) is 16.7 Å². The highest BCUT2D eigenvalue weighted by Crippen LogP contribution is 2.35. The maximum absolute atomic E-state index is 12.7. The lowest BCUT2D eigenvalue weighted by Crippen LogP contribution is -2.12. The molecule has 0 radical (unpaired) electrons. The normalized spacial score (nSPS) is 14.3. The Balaban J connectivity index is 1.52. The summed E-state index contributed by atoms with van der Waals surface area (Å²) in [6.45, 7) is 8.33. The van der Waals surface area contributed by atoms with E-state index < -0.39 is 5.97 Å². The number of allylic oxidation sites excluding steroid dienone is 1. The molecule has 0 N–H and O–H groups in total. The van der Waals surface area contributed by atoms with E-state index in [0.29, 0.717) is 22.6 Å². The standard InChI is InChI=1S/C27H24O4/c1-17-7-5-6-8-19(17)15-24-25(28)22-14-13-21(16-23(22)31-24)30-26(29)18-9-11-20(12-10-18)27(2,3)4/h5-16H,1-4H3/b24-15-. The topological polar surface area (TPSA) is 52.6 Å². The van der Waals surface area contributed by atoms with E-state index in [9.17, 15) is 9.59 Å². The van der Waals surface area contributed by atoms with Gasteiger partial charge in [-0.3, -0.25) is 4.79 Å². The van der Waals surface area contributed by atoms with Crippen molar-refractivity contribution >= 4 is 17.8 Å². The predicted molar refractivity (Wildman–Crippen MR) is 121 cm³/mol. The van der Waals surface area contributed by atoms with Gasteiger partial charge in [0, 0.05) is 6.07 Å². The van der Waals surface area contributed by atoms with E-state index in [1.807, 2.05) is 43.3 Å². The Hall–Kier alpha value is -3.66. The average molecular weight is 412 g/mol. The van der Waals surface area contributed by atoms with Crippen molar-refractivity contribution < 1.29 is 19.1 Å². The van der Waals surface area contributed by atoms with Crippen LogP contribution in [-0.2, 0) is 5.41 Å². The molecule has 4 rings (SSSR count). The Labute approximate surface area is 182 Å². The third-order valence-corrected chi connectivity index (χ3v) is 5.31. The Bertz CT molecular complexity index is 1190. The van der Waals surface area contributed by atoms with E-state index in [1.165, 1.54) is 0 Å². The highest BCUT2D eigenvalue weighted by Gasteiger charge is 2.28. The first-order valence-electron chi connectivity index (χ1n) is 10.2. The molecule has 0 atom stereocenters. The van der Waals surface area contributed by atoms with Crippen LogP contribution in [0.4, 0.5) is 0 Å². The van der Waals surface area contributed by atoms with Crippen molar-refractivity contribution in [2.45, 2.75) is 33.1 Å². The number of esters is 1. The number of rotatable bonds is 3. The molecule has 0 spiro atoms. The van der Waals surface area contributed by atoms with Gasteiger partial charge in [0.2, 0.25) is 5.78 Å². The van der Waals surface area contributed by atoms with Crippen LogP contribution in [0.25, 0.3) is 6.08 Å². The summed E-state index contributed by atoms with van der Waals surface area (Å²) in [7, 11) is 0. The predicted octanol–water partition coefficient (Wildman–Crippen LogP) is 6.13. The third-order valence-electron chi connectivity index (χ3n) is 5.31. The molecule has 0 unspecified atom stereocenters. The van der Waals surface area contributed by atoms with Gasteiger partial charge >= 0.3 is 5.97 Å². The zero-order chi connectivity index (χ0) is 22.2. The van der Waals surface area contributed by atoms with Gasteiger partial charge in [0.25, 0.3) is 0 Å². The number of hydrogen-bond donors (Lipinski definition) is 0. The minimum absolute atomic E-state index is 0.00973. The Morgan fingerprint density at radius 1 is 0.968 bits per heavy atom. The molecular weight excluding hydrogens is 388 g/mol. The second-order valence-corrected chi connectivity index (χ2v) is 8.67. The number of aryl methyl sites for hydroxylation is 1. The molecule has 3 aromatic rings. The molecule has 0 saturated heterocycles. The van der Waals surface area contributed by atoms with Crippen LogP contribution in [0.3, 0.4) is 0 Å². The van der Waals surface area contributed by atoms with Crippen molar-refractivity contribution in [2.24, 2.45) is 0 Å². The highest BCUT2D eigenvalue weighted by molar-refractivity contribution is 6.14. The molecule has 31 heavy (non-hydrogen) atoms. The molecular formula is C27H24O4. The number of ketones is 1. The largest absolute Gasteiger partial charge is 0.452 e. The van der Waals surface area contributed by atoms with Crippen LogP contribution < -0.4 is 9.47 Å². The fourth-order valence-corrected chi connectivity index (χ4v) is 3.39. The van der Waals surface area contributed by atoms with Crippen LogP contribution in [0.1, 0.15) is 58.2 Å². The monoisotopic (exact) mass is 412 g/mol. The minimum Gasteiger partial charge on any atom is -0.452 e. The molecule has 0 aromatic heterocycles. The highest BCUT2D eigenvalue weighted by atomic mass is 16.5. The summed E-state index contributed by atoms with van der Waals surface area (Å²) in [5.41, 5.74) is 4.04. The molecule has 0 fully saturated rings. The van der Waals surface area contributed by atoms with E-state index in [1.54, 1.807) is 36.4 Å². The van der Waals surface area contributed by atoms with E-state index in [-0.39, 0.29) is 17.0 Å². The lowest BCUT2D eigenvalue weighted by atomic mass is 9.87. The van der Waals surface area contributed by atoms with Crippen LogP contribution in [0.5, 0.6) is 11.5 Å². The van der Waals surface area contributed by atoms with Crippen molar-refractivity contribution in [2.75, 3.05) is 0 Å². The van der Waals surface area contributed by atoms with Gasteiger partial charge in [0.1, 0.15) is 11.5 Å². The SMILES string of the molecule is Cc1ccccc1/C=C1\Oc2cc(OC(=O)c3ccc(C(C)(C)C)cc3)ccc2C1=O. The van der Waals surface area contributed by atoms with Gasteiger partial charge in [0.15, 0.2) is 5.76 Å². The summed E-state index contributed by atoms with van der Waals surface area (Å²) in [6, 6.07) is 20.0. The summed E-state index contributed by atoms with van der Waals surface area (Å²) in [6.07, 6.45) is 1.74. The van der Waals surface area contributed by atoms with Crippen molar-refractivity contribution in [1.82, 2.24) is 0 Å². The van der Waals surface area contributed by atoms with Gasteiger partial charge in [-0.2, -0.15) is 0 Å². The first kappa shape index (κ1) is 20.6. The minimum atomic E-state index is -0.458. The molecule has 0 aliphatic carbocycles. The van der Waals surface area contributed by atoms with E-state index >= 15 is 0 Å². The van der Waals surface area contributed by atoms with E-state index in [4.69, 9.17) is 9.47 Å². The Morgan fingerprint density at radius 3 is 2.35 bits per heavy atom. The maximum Gasteiger partial charge on any atom is 0.343 e. The number of carbonyl (C=O) groups is 2. The summed E-state index contributed by atoms with van der Waals surface area (Å²) in [5.74, 6) is 0.326. The van der Waals surface area contributed by atoms with Crippen molar-refractivity contribution in [3.05, 3.63) is 100 Å². The first-order chi connectivity index (χ1) is 14.7. The number of Topliss-reactive ketones (excluding diaryl/α,β-unsaturated/α-hetero) is 1. The quantitative estimate of drug-likeness (QED) is 0.295. The molecule has 3 aromatic carbocycles. The molecule has 1 heterocycles. The van der Waals surface area contributed by atoms with Gasteiger partial charge < -0.3 is 9.47 Å². The molecule has 1 aliphatic heterocycles. The second-order valence-electron chi connectivity index (χ2n) is 8.67. The van der Waals surface area contributed by atoms with Gasteiger partial charge in [-0.25, -0.2) is 4.79 Å². The average Bonchev–Trinajstić information content (AvgIpc) is 3.04. The number of hydrogen-bond acceptors (Lipinski definition) is 4. The van der Waals surface area contributed by atoms with Crippen molar-refractivity contribution in [3.8, 4) is 11.5 Å². The van der Waals surface area contributed by atoms with Crippen molar-refractivity contribution in [1.29, 1.82) is 0 Å². The Kier molecular flexibility index (Phi) is 5.24. The lowest BCUT2D eigenvalue weighted by Gasteiger charge is -2.18. The summed E-state index contributed by atoms with van der Waals surface area (Å²) < 4.78 is 11.3. The zero-order valence-corrected chi connectivity index (χ0v) is 18.1. The Morgan fingerprint density at radius 2 is 1.68 bits per heavy atom. The van der Waals surface area contributed by atoms with Gasteiger partial charge in [-0.1, -0.05) is 57.2 Å². The number of benzene rings is 3. The molecule has 0 saturated carbocycles. The van der Waals surface area contributed by atoms with Crippen molar-refractivity contribution in [3.63, 3.8) is 0 Å². The molecule has 156 valence electrons. The van der Waals surface area contributed by atoms with Gasteiger partial charge in [-0.15, -0.1) is 0 Å². The number of ether oxygens (including phenoxy) is 2. The summed E-state index contributed by atoms with van der Waals surface area (Å²) in [5, 5.41) is 0. The molecule has 4 heteroatoms. The summed E-state index contributed by atoms with van der Waals surface area (Å²) in [4.78, 5) is 25.2. The molecule has 1 aliphatic rings. The van der Waals surface area contributed by atoms with Crippen LogP contribution in [-0.4, -0.2) is 11.8 Å². The second kappa shape index (κ2) is 7.88. The van der Waals surface area contributed by atoms with Gasteiger partial charge in [0.05, 0.1) is 11.1 Å². The fourth-order valence-electron chi connectivity index (χ4n) is 3.39. The first-order valence-corrected chi connectivity index (χ1v) is 10.2. The number of carbonyl (C=O) groups excluding carboxylic acids is 2. The van der Waals surface area contributed by atoms with Crippen LogP contribution in [0.15, 0.2) is 72.5 Å². The molecule has 0 amide bonds. The smallest absolute Gasteiger partial charge is 0.343 e. The maximum atomic E-state index is 12.7. The number of fused-ring (bicyclic) bond motifs is 1. The van der Waals surface area contributed by atoms with E-state index in [2.05, 4.69) is 20.8 Å². The van der Waals surface area contributed by atoms with Crippen LogP contribution in [0.2, 0.25) is 0 Å². The van der Waals surface area contributed by atoms with Gasteiger partial charge in [-0.05, 0) is 59.4 Å². The zero-order valence-electron chi connectivity index (χ0n) is 18.1. The van der Waals surface area contributed by atoms with Crippen LogP contribution in [0, 0.1) is 6.92 Å².